The lowest BCUT2D eigenvalue weighted by molar-refractivity contribution is 0.579. The Morgan fingerprint density at radius 1 is 1.00 bits per heavy atom. The van der Waals surface area contributed by atoms with Gasteiger partial charge in [-0.3, -0.25) is 0 Å². The predicted molar refractivity (Wildman–Crippen MR) is 81.4 cm³/mol. The lowest BCUT2D eigenvalue weighted by atomic mass is 10.1. The Labute approximate surface area is 128 Å². The van der Waals surface area contributed by atoms with Crippen molar-refractivity contribution >= 4 is 21.6 Å². The van der Waals surface area contributed by atoms with Gasteiger partial charge in [0, 0.05) is 11.6 Å². The summed E-state index contributed by atoms with van der Waals surface area (Å²) in [7, 11) is -3.51. The van der Waals surface area contributed by atoms with Crippen molar-refractivity contribution in [1.82, 2.24) is 4.72 Å². The highest BCUT2D eigenvalue weighted by Gasteiger charge is 2.12. The second-order valence-electron chi connectivity index (χ2n) is 4.58. The van der Waals surface area contributed by atoms with Crippen molar-refractivity contribution in [2.45, 2.75) is 17.7 Å². The standard InChI is InChI=1S/C15H15ClFNO2S/c16-13-5-9-15(10-6-13)21(19,20)18-11-1-2-12-3-7-14(17)8-4-12/h3-10,18H,1-2,11H2. The molecule has 0 aliphatic carbocycles. The van der Waals surface area contributed by atoms with E-state index in [2.05, 4.69) is 4.72 Å². The molecule has 0 heterocycles. The molecule has 0 aliphatic heterocycles. The first kappa shape index (κ1) is 15.9. The van der Waals surface area contributed by atoms with Crippen LogP contribution in [0.25, 0.3) is 0 Å². The van der Waals surface area contributed by atoms with Crippen LogP contribution >= 0.6 is 11.6 Å². The van der Waals surface area contributed by atoms with Crippen molar-refractivity contribution in [1.29, 1.82) is 0 Å². The summed E-state index contributed by atoms with van der Waals surface area (Å²) in [6, 6.07) is 12.2. The largest absolute Gasteiger partial charge is 0.240 e. The smallest absolute Gasteiger partial charge is 0.211 e. The van der Waals surface area contributed by atoms with Gasteiger partial charge < -0.3 is 0 Å². The van der Waals surface area contributed by atoms with E-state index in [4.69, 9.17) is 11.6 Å². The predicted octanol–water partition coefficient (Wildman–Crippen LogP) is 3.39. The summed E-state index contributed by atoms with van der Waals surface area (Å²) in [5.41, 5.74) is 0.974. The first-order valence-corrected chi connectivity index (χ1v) is 8.33. The van der Waals surface area contributed by atoms with E-state index < -0.39 is 10.0 Å². The SMILES string of the molecule is O=S(=O)(NCCCc1ccc(F)cc1)c1ccc(Cl)cc1. The van der Waals surface area contributed by atoms with Gasteiger partial charge >= 0.3 is 0 Å². The molecule has 1 N–H and O–H groups in total. The van der Waals surface area contributed by atoms with Crippen molar-refractivity contribution in [2.24, 2.45) is 0 Å². The van der Waals surface area contributed by atoms with Gasteiger partial charge in [-0.15, -0.1) is 0 Å². The van der Waals surface area contributed by atoms with Crippen LogP contribution < -0.4 is 4.72 Å². The molecule has 2 rings (SSSR count). The lowest BCUT2D eigenvalue weighted by Crippen LogP contribution is -2.25. The zero-order valence-electron chi connectivity index (χ0n) is 11.2. The van der Waals surface area contributed by atoms with Gasteiger partial charge in [-0.05, 0) is 54.8 Å². The van der Waals surface area contributed by atoms with Crippen molar-refractivity contribution < 1.29 is 12.8 Å². The fourth-order valence-corrected chi connectivity index (χ4v) is 3.05. The molecule has 2 aromatic rings. The molecule has 0 saturated heterocycles. The molecule has 0 aliphatic rings. The Hall–Kier alpha value is -1.43. The lowest BCUT2D eigenvalue weighted by Gasteiger charge is -2.07. The Kier molecular flexibility index (Phi) is 5.33. The molecule has 112 valence electrons. The molecular weight excluding hydrogens is 313 g/mol. The average molecular weight is 328 g/mol. The minimum Gasteiger partial charge on any atom is -0.211 e. The molecule has 0 unspecified atom stereocenters. The van der Waals surface area contributed by atoms with Gasteiger partial charge in [-0.25, -0.2) is 17.5 Å². The minimum atomic E-state index is -3.51. The molecule has 2 aromatic carbocycles. The molecule has 0 saturated carbocycles. The summed E-state index contributed by atoms with van der Waals surface area (Å²) in [5.74, 6) is -0.276. The molecule has 3 nitrogen and oxygen atoms in total. The number of hydrogen-bond donors (Lipinski definition) is 1. The van der Waals surface area contributed by atoms with Gasteiger partial charge in [0.25, 0.3) is 0 Å². The van der Waals surface area contributed by atoms with Gasteiger partial charge in [0.2, 0.25) is 10.0 Å². The molecule has 0 radical (unpaired) electrons. The fourth-order valence-electron chi connectivity index (χ4n) is 1.85. The van der Waals surface area contributed by atoms with Crippen molar-refractivity contribution in [3.05, 3.63) is 64.9 Å². The van der Waals surface area contributed by atoms with Crippen molar-refractivity contribution in [3.63, 3.8) is 0 Å². The Morgan fingerprint density at radius 2 is 1.62 bits per heavy atom. The summed E-state index contributed by atoms with van der Waals surface area (Å²) >= 11 is 5.73. The second kappa shape index (κ2) is 7.02. The van der Waals surface area contributed by atoms with Crippen molar-refractivity contribution in [2.75, 3.05) is 6.54 Å². The van der Waals surface area contributed by atoms with E-state index in [-0.39, 0.29) is 10.7 Å². The van der Waals surface area contributed by atoms with E-state index in [1.807, 2.05) is 0 Å². The van der Waals surface area contributed by atoms with Crippen LogP contribution in [0.15, 0.2) is 53.4 Å². The summed E-state index contributed by atoms with van der Waals surface area (Å²) in [6.45, 7) is 0.322. The van der Waals surface area contributed by atoms with Crippen LogP contribution in [-0.2, 0) is 16.4 Å². The van der Waals surface area contributed by atoms with Crippen LogP contribution in [0.2, 0.25) is 5.02 Å². The molecule has 0 atom stereocenters. The van der Waals surface area contributed by atoms with Crippen molar-refractivity contribution in [3.8, 4) is 0 Å². The maximum Gasteiger partial charge on any atom is 0.240 e. The summed E-state index contributed by atoms with van der Waals surface area (Å²) in [4.78, 5) is 0.189. The number of nitrogens with one attached hydrogen (secondary N) is 1. The van der Waals surface area contributed by atoms with Crippen LogP contribution in [0.4, 0.5) is 4.39 Å². The molecular formula is C15H15ClFNO2S. The number of rotatable bonds is 6. The van der Waals surface area contributed by atoms with Gasteiger partial charge in [0.05, 0.1) is 4.90 Å². The maximum atomic E-state index is 12.7. The van der Waals surface area contributed by atoms with Crippen LogP contribution in [-0.4, -0.2) is 15.0 Å². The van der Waals surface area contributed by atoms with Crippen LogP contribution in [0.1, 0.15) is 12.0 Å². The monoisotopic (exact) mass is 327 g/mol. The topological polar surface area (TPSA) is 46.2 Å². The van der Waals surface area contributed by atoms with E-state index in [9.17, 15) is 12.8 Å². The molecule has 6 heteroatoms. The normalized spacial score (nSPS) is 11.5. The van der Waals surface area contributed by atoms with E-state index in [0.29, 0.717) is 24.4 Å². The Morgan fingerprint density at radius 3 is 2.24 bits per heavy atom. The number of sulfonamides is 1. The number of aryl methyl sites for hydroxylation is 1. The molecule has 0 bridgehead atoms. The second-order valence-corrected chi connectivity index (χ2v) is 6.79. The Bertz CT molecular complexity index is 685. The number of halogens is 2. The van der Waals surface area contributed by atoms with E-state index >= 15 is 0 Å². The third-order valence-corrected chi connectivity index (χ3v) is 4.70. The highest BCUT2D eigenvalue weighted by atomic mass is 35.5. The Balaban J connectivity index is 1.85. The summed E-state index contributed by atoms with van der Waals surface area (Å²) < 4.78 is 39.3. The highest BCUT2D eigenvalue weighted by Crippen LogP contribution is 2.14. The fraction of sp³-hybridized carbons (Fsp3) is 0.200. The quantitative estimate of drug-likeness (QED) is 0.827. The zero-order chi connectivity index (χ0) is 15.3. The van der Waals surface area contributed by atoms with Crippen LogP contribution in [0, 0.1) is 5.82 Å². The van der Waals surface area contributed by atoms with Gasteiger partial charge in [0.1, 0.15) is 5.82 Å². The van der Waals surface area contributed by atoms with Gasteiger partial charge in [-0.1, -0.05) is 23.7 Å². The van der Waals surface area contributed by atoms with Crippen LogP contribution in [0.3, 0.4) is 0 Å². The summed E-state index contributed by atoms with van der Waals surface area (Å²) in [6.07, 6.45) is 1.32. The molecule has 21 heavy (non-hydrogen) atoms. The molecule has 0 amide bonds. The van der Waals surface area contributed by atoms with E-state index in [1.54, 1.807) is 12.1 Å². The third kappa shape index (κ3) is 4.81. The average Bonchev–Trinajstić information content (AvgIpc) is 2.46. The van der Waals surface area contributed by atoms with E-state index in [0.717, 1.165) is 5.56 Å². The third-order valence-electron chi connectivity index (χ3n) is 2.97. The number of hydrogen-bond acceptors (Lipinski definition) is 2. The number of benzene rings is 2. The first-order valence-electron chi connectivity index (χ1n) is 6.47. The first-order chi connectivity index (χ1) is 9.97. The van der Waals surface area contributed by atoms with Gasteiger partial charge in [0.15, 0.2) is 0 Å². The van der Waals surface area contributed by atoms with Crippen LogP contribution in [0.5, 0.6) is 0 Å². The molecule has 0 fully saturated rings. The zero-order valence-corrected chi connectivity index (χ0v) is 12.8. The maximum absolute atomic E-state index is 12.7. The summed E-state index contributed by atoms with van der Waals surface area (Å²) in [5, 5.41) is 0.491. The molecule has 0 spiro atoms. The van der Waals surface area contributed by atoms with E-state index in [1.165, 1.54) is 36.4 Å². The highest BCUT2D eigenvalue weighted by molar-refractivity contribution is 7.89. The van der Waals surface area contributed by atoms with Gasteiger partial charge in [-0.2, -0.15) is 0 Å². The molecule has 0 aromatic heterocycles. The minimum absolute atomic E-state index is 0.189.